The summed E-state index contributed by atoms with van der Waals surface area (Å²) in [6, 6.07) is 17.3. The predicted molar refractivity (Wildman–Crippen MR) is 105 cm³/mol. The Labute approximate surface area is 166 Å². The second-order valence-corrected chi connectivity index (χ2v) is 6.67. The molecule has 0 spiro atoms. The molecule has 2 rings (SSSR count). The third-order valence-corrected chi connectivity index (χ3v) is 4.43. The molecule has 0 fully saturated rings. The van der Waals surface area contributed by atoms with Crippen LogP contribution in [-0.2, 0) is 14.3 Å². The van der Waals surface area contributed by atoms with Gasteiger partial charge in [-0.2, -0.15) is 0 Å². The van der Waals surface area contributed by atoms with Gasteiger partial charge in [0.15, 0.2) is 0 Å². The topological polar surface area (TPSA) is 74.2 Å². The van der Waals surface area contributed by atoms with Crippen LogP contribution in [0.2, 0.25) is 0 Å². The van der Waals surface area contributed by atoms with Crippen LogP contribution in [0.15, 0.2) is 65.8 Å². The van der Waals surface area contributed by atoms with E-state index in [0.29, 0.717) is 17.5 Å². The minimum Gasteiger partial charge on any atom is -0.461 e. The first-order chi connectivity index (χ1) is 13.1. The Morgan fingerprint density at radius 2 is 1.56 bits per heavy atom. The number of esters is 2. The Balaban J connectivity index is 1.98. The van der Waals surface area contributed by atoms with E-state index in [1.807, 2.05) is 12.1 Å². The van der Waals surface area contributed by atoms with Crippen LogP contribution in [0.1, 0.15) is 27.1 Å². The van der Waals surface area contributed by atoms with Crippen molar-refractivity contribution >= 4 is 34.1 Å². The lowest BCUT2D eigenvalue weighted by atomic mass is 10.2. The summed E-state index contributed by atoms with van der Waals surface area (Å²) in [5, 5.41) is 3.67. The number of carbonyl (C=O) groups excluding carboxylic acids is 2. The van der Waals surface area contributed by atoms with Crippen LogP contribution in [0.25, 0.3) is 0 Å². The molecule has 0 aliphatic rings. The van der Waals surface area contributed by atoms with E-state index in [-0.39, 0.29) is 6.61 Å². The number of halogens is 1. The quantitative estimate of drug-likeness (QED) is 0.259. The van der Waals surface area contributed by atoms with Gasteiger partial charge in [-0.15, -0.1) is 0 Å². The van der Waals surface area contributed by atoms with Crippen LogP contribution in [0, 0.1) is 0 Å². The third kappa shape index (κ3) is 6.86. The SMILES string of the molecule is CON=CCC(OC(=O)c1ccccc1)C(Br)COC(=O)c1ccccc1. The van der Waals surface area contributed by atoms with Crippen LogP contribution in [0.3, 0.4) is 0 Å². The standard InChI is InChI=1S/C20H20BrNO5/c1-25-22-13-12-18(27-20(24)16-10-6-3-7-11-16)17(21)14-26-19(23)15-8-4-2-5-9-15/h2-11,13,17-18H,12,14H2,1H3. The van der Waals surface area contributed by atoms with Gasteiger partial charge in [-0.1, -0.05) is 57.5 Å². The highest BCUT2D eigenvalue weighted by Gasteiger charge is 2.25. The molecule has 0 saturated carbocycles. The zero-order valence-electron chi connectivity index (χ0n) is 14.8. The van der Waals surface area contributed by atoms with E-state index in [1.165, 1.54) is 13.3 Å². The number of oxime groups is 1. The highest BCUT2D eigenvalue weighted by molar-refractivity contribution is 9.09. The normalized spacial score (nSPS) is 13.0. The second kappa shape index (κ2) is 11.1. The lowest BCUT2D eigenvalue weighted by Crippen LogP contribution is -2.32. The summed E-state index contributed by atoms with van der Waals surface area (Å²) in [4.78, 5) is 28.6. The monoisotopic (exact) mass is 433 g/mol. The number of rotatable bonds is 9. The van der Waals surface area contributed by atoms with Gasteiger partial charge in [-0.25, -0.2) is 9.59 Å². The minimum absolute atomic E-state index is 0.0291. The molecule has 0 heterocycles. The number of benzene rings is 2. The van der Waals surface area contributed by atoms with Gasteiger partial charge in [-0.3, -0.25) is 0 Å². The Morgan fingerprint density at radius 1 is 1.00 bits per heavy atom. The summed E-state index contributed by atoms with van der Waals surface area (Å²) in [5.74, 6) is -0.913. The van der Waals surface area contributed by atoms with Crippen molar-refractivity contribution in [2.45, 2.75) is 17.4 Å². The van der Waals surface area contributed by atoms with Crippen molar-refractivity contribution < 1.29 is 23.9 Å². The third-order valence-electron chi connectivity index (χ3n) is 3.57. The van der Waals surface area contributed by atoms with Crippen LogP contribution in [-0.4, -0.2) is 42.8 Å². The van der Waals surface area contributed by atoms with E-state index in [0.717, 1.165) is 0 Å². The molecule has 2 aromatic rings. The van der Waals surface area contributed by atoms with Crippen molar-refractivity contribution in [1.82, 2.24) is 0 Å². The number of hydrogen-bond acceptors (Lipinski definition) is 6. The highest BCUT2D eigenvalue weighted by atomic mass is 79.9. The molecule has 7 heteroatoms. The zero-order chi connectivity index (χ0) is 19.5. The summed E-state index contributed by atoms with van der Waals surface area (Å²) in [7, 11) is 1.43. The van der Waals surface area contributed by atoms with Gasteiger partial charge in [0, 0.05) is 12.6 Å². The van der Waals surface area contributed by atoms with Gasteiger partial charge < -0.3 is 14.3 Å². The van der Waals surface area contributed by atoms with Gasteiger partial charge >= 0.3 is 11.9 Å². The van der Waals surface area contributed by atoms with Crippen molar-refractivity contribution in [1.29, 1.82) is 0 Å². The molecular weight excluding hydrogens is 414 g/mol. The van der Waals surface area contributed by atoms with Crippen molar-refractivity contribution in [2.75, 3.05) is 13.7 Å². The van der Waals surface area contributed by atoms with Crippen LogP contribution in [0.4, 0.5) is 0 Å². The molecule has 142 valence electrons. The van der Waals surface area contributed by atoms with Crippen molar-refractivity contribution in [3.63, 3.8) is 0 Å². The van der Waals surface area contributed by atoms with E-state index >= 15 is 0 Å². The summed E-state index contributed by atoms with van der Waals surface area (Å²) < 4.78 is 10.9. The first kappa shape index (κ1) is 20.6. The largest absolute Gasteiger partial charge is 0.461 e. The molecule has 2 atom stereocenters. The molecule has 0 aliphatic carbocycles. The zero-order valence-corrected chi connectivity index (χ0v) is 16.4. The number of nitrogens with zero attached hydrogens (tertiary/aromatic N) is 1. The second-order valence-electron chi connectivity index (χ2n) is 5.50. The average Bonchev–Trinajstić information content (AvgIpc) is 2.72. The molecule has 0 amide bonds. The van der Waals surface area contributed by atoms with Crippen LogP contribution in [0.5, 0.6) is 0 Å². The fourth-order valence-electron chi connectivity index (χ4n) is 2.19. The maximum absolute atomic E-state index is 12.3. The molecule has 27 heavy (non-hydrogen) atoms. The molecule has 2 unspecified atom stereocenters. The molecular formula is C20H20BrNO5. The smallest absolute Gasteiger partial charge is 0.338 e. The maximum atomic E-state index is 12.3. The van der Waals surface area contributed by atoms with Gasteiger partial charge in [0.2, 0.25) is 0 Å². The minimum atomic E-state index is -0.597. The Hall–Kier alpha value is -2.67. The van der Waals surface area contributed by atoms with E-state index in [9.17, 15) is 9.59 Å². The molecule has 6 nitrogen and oxygen atoms in total. The summed E-state index contributed by atoms with van der Waals surface area (Å²) in [5.41, 5.74) is 0.892. The van der Waals surface area contributed by atoms with E-state index in [4.69, 9.17) is 9.47 Å². The Morgan fingerprint density at radius 3 is 2.11 bits per heavy atom. The molecule has 0 saturated heterocycles. The summed E-state index contributed by atoms with van der Waals surface area (Å²) in [6.45, 7) is 0.0291. The number of ether oxygens (including phenoxy) is 2. The molecule has 0 bridgehead atoms. The van der Waals surface area contributed by atoms with Crippen LogP contribution >= 0.6 is 15.9 Å². The number of hydrogen-bond donors (Lipinski definition) is 0. The Kier molecular flexibility index (Phi) is 8.51. The van der Waals surface area contributed by atoms with E-state index < -0.39 is 22.9 Å². The average molecular weight is 434 g/mol. The van der Waals surface area contributed by atoms with Gasteiger partial charge in [0.1, 0.15) is 19.8 Å². The van der Waals surface area contributed by atoms with Gasteiger partial charge in [0.05, 0.1) is 16.0 Å². The van der Waals surface area contributed by atoms with E-state index in [2.05, 4.69) is 25.9 Å². The molecule has 0 aromatic heterocycles. The number of alkyl halides is 1. The molecule has 0 radical (unpaired) electrons. The molecule has 0 N–H and O–H groups in total. The van der Waals surface area contributed by atoms with Crippen molar-refractivity contribution in [3.8, 4) is 0 Å². The maximum Gasteiger partial charge on any atom is 0.338 e. The van der Waals surface area contributed by atoms with Gasteiger partial charge in [-0.05, 0) is 24.3 Å². The van der Waals surface area contributed by atoms with Crippen LogP contribution < -0.4 is 0 Å². The fourth-order valence-corrected chi connectivity index (χ4v) is 2.65. The Bertz CT molecular complexity index is 751. The number of carbonyl (C=O) groups is 2. The first-order valence-electron chi connectivity index (χ1n) is 8.29. The lowest BCUT2D eigenvalue weighted by Gasteiger charge is -2.21. The summed E-state index contributed by atoms with van der Waals surface area (Å²) >= 11 is 3.44. The van der Waals surface area contributed by atoms with E-state index in [1.54, 1.807) is 48.5 Å². The lowest BCUT2D eigenvalue weighted by molar-refractivity contribution is 0.0231. The predicted octanol–water partition coefficient (Wildman–Crippen LogP) is 3.85. The fraction of sp³-hybridized carbons (Fsp3) is 0.250. The molecule has 2 aromatic carbocycles. The van der Waals surface area contributed by atoms with Gasteiger partial charge in [0.25, 0.3) is 0 Å². The van der Waals surface area contributed by atoms with Crippen molar-refractivity contribution in [3.05, 3.63) is 71.8 Å². The molecule has 0 aliphatic heterocycles. The first-order valence-corrected chi connectivity index (χ1v) is 9.20. The highest BCUT2D eigenvalue weighted by Crippen LogP contribution is 2.17. The van der Waals surface area contributed by atoms with Crippen molar-refractivity contribution in [2.24, 2.45) is 5.16 Å². The summed E-state index contributed by atoms with van der Waals surface area (Å²) in [6.07, 6.45) is 1.20.